The lowest BCUT2D eigenvalue weighted by molar-refractivity contribution is 0.0671. The van der Waals surface area contributed by atoms with E-state index in [0.29, 0.717) is 19.3 Å². The maximum atomic E-state index is 10.7. The molecule has 2 aliphatic heterocycles. The molecule has 0 saturated heterocycles. The van der Waals surface area contributed by atoms with E-state index in [4.69, 9.17) is 9.47 Å². The lowest BCUT2D eigenvalue weighted by atomic mass is 9.82. The highest BCUT2D eigenvalue weighted by atomic mass is 16.5. The first-order chi connectivity index (χ1) is 18.7. The maximum absolute atomic E-state index is 10.7. The van der Waals surface area contributed by atoms with Crippen LogP contribution < -0.4 is 9.47 Å². The minimum Gasteiger partial charge on any atom is -0.485 e. The van der Waals surface area contributed by atoms with Crippen LogP contribution in [0, 0.1) is 0 Å². The SMILES string of the molecule is CCC[C@@H]1C[C@H](O)C/C=C(/CC)[C@H]2c3cc(OCc4ccccc4)c(OCc4ccccc4)cc3CCN12. The van der Waals surface area contributed by atoms with Crippen LogP contribution in [0.25, 0.3) is 0 Å². The van der Waals surface area contributed by atoms with Crippen molar-refractivity contribution in [2.24, 2.45) is 0 Å². The fourth-order valence-electron chi connectivity index (χ4n) is 6.05. The van der Waals surface area contributed by atoms with Crippen molar-refractivity contribution in [3.63, 3.8) is 0 Å². The van der Waals surface area contributed by atoms with Crippen LogP contribution in [0.3, 0.4) is 0 Å². The molecule has 2 heterocycles. The van der Waals surface area contributed by atoms with E-state index in [0.717, 1.165) is 67.7 Å². The molecular weight excluding hydrogens is 470 g/mol. The van der Waals surface area contributed by atoms with Gasteiger partial charge in [-0.3, -0.25) is 4.90 Å². The standard InChI is InChI=1S/C34H41NO3/c1-3-11-29-21-30(36)17-16-27(4-2)34-31-22-33(38-24-26-14-9-6-10-15-26)32(20-28(31)18-19-35(29)34)37-23-25-12-7-5-8-13-25/h5-10,12-16,20,22,29-30,34,36H,3-4,11,17-19,21,23-24H2,1-2H3/b27-16-/t29-,30-,34+/m1/s1. The molecule has 0 saturated carbocycles. The van der Waals surface area contributed by atoms with Gasteiger partial charge in [0.15, 0.2) is 11.5 Å². The van der Waals surface area contributed by atoms with Crippen LogP contribution in [-0.4, -0.2) is 28.7 Å². The van der Waals surface area contributed by atoms with E-state index in [9.17, 15) is 5.11 Å². The summed E-state index contributed by atoms with van der Waals surface area (Å²) in [5, 5.41) is 10.7. The largest absolute Gasteiger partial charge is 0.485 e. The maximum Gasteiger partial charge on any atom is 0.162 e. The predicted molar refractivity (Wildman–Crippen MR) is 153 cm³/mol. The summed E-state index contributed by atoms with van der Waals surface area (Å²) in [6, 6.07) is 25.7. The first kappa shape index (κ1) is 26.5. The summed E-state index contributed by atoms with van der Waals surface area (Å²) < 4.78 is 12.9. The second-order valence-corrected chi connectivity index (χ2v) is 10.6. The van der Waals surface area contributed by atoms with E-state index in [1.54, 1.807) is 0 Å². The van der Waals surface area contributed by atoms with Gasteiger partial charge in [0.25, 0.3) is 0 Å². The molecule has 0 aliphatic carbocycles. The van der Waals surface area contributed by atoms with Crippen LogP contribution in [-0.2, 0) is 19.6 Å². The molecule has 0 bridgehead atoms. The Kier molecular flexibility index (Phi) is 8.83. The summed E-state index contributed by atoms with van der Waals surface area (Å²) >= 11 is 0. The molecule has 2 aliphatic rings. The molecule has 200 valence electrons. The number of hydrogen-bond donors (Lipinski definition) is 1. The van der Waals surface area contributed by atoms with Gasteiger partial charge in [-0.1, -0.05) is 92.6 Å². The number of aliphatic hydroxyl groups excluding tert-OH is 1. The number of hydrogen-bond acceptors (Lipinski definition) is 4. The summed E-state index contributed by atoms with van der Waals surface area (Å²) in [7, 11) is 0. The number of benzene rings is 3. The average Bonchev–Trinajstić information content (AvgIpc) is 2.95. The fraction of sp³-hybridized carbons (Fsp3) is 0.412. The number of rotatable bonds is 9. The highest BCUT2D eigenvalue weighted by Gasteiger charge is 2.36. The second kappa shape index (κ2) is 12.6. The van der Waals surface area contributed by atoms with Crippen LogP contribution in [0.2, 0.25) is 0 Å². The molecule has 4 heteroatoms. The lowest BCUT2D eigenvalue weighted by Gasteiger charge is -2.45. The predicted octanol–water partition coefficient (Wildman–Crippen LogP) is 7.40. The zero-order valence-corrected chi connectivity index (χ0v) is 22.8. The van der Waals surface area contributed by atoms with Crippen LogP contribution in [0.5, 0.6) is 11.5 Å². The van der Waals surface area contributed by atoms with E-state index in [2.05, 4.69) is 61.2 Å². The van der Waals surface area contributed by atoms with Gasteiger partial charge < -0.3 is 14.6 Å². The van der Waals surface area contributed by atoms with Gasteiger partial charge in [-0.2, -0.15) is 0 Å². The Morgan fingerprint density at radius 2 is 1.50 bits per heavy atom. The molecule has 0 unspecified atom stereocenters. The Hall–Kier alpha value is -3.08. The quantitative estimate of drug-likeness (QED) is 0.304. The molecule has 5 rings (SSSR count). The van der Waals surface area contributed by atoms with E-state index in [1.807, 2.05) is 36.4 Å². The van der Waals surface area contributed by atoms with Crippen molar-refractivity contribution in [3.05, 3.63) is 107 Å². The van der Waals surface area contributed by atoms with Crippen molar-refractivity contribution >= 4 is 0 Å². The smallest absolute Gasteiger partial charge is 0.162 e. The fourth-order valence-corrected chi connectivity index (χ4v) is 6.05. The van der Waals surface area contributed by atoms with Gasteiger partial charge in [0.05, 0.1) is 12.1 Å². The molecule has 3 atom stereocenters. The summed E-state index contributed by atoms with van der Waals surface area (Å²) in [5.41, 5.74) is 6.35. The molecule has 3 aromatic carbocycles. The molecular formula is C34H41NO3. The van der Waals surface area contributed by atoms with Crippen LogP contribution in [0.4, 0.5) is 0 Å². The van der Waals surface area contributed by atoms with E-state index in [1.165, 1.54) is 16.7 Å². The monoisotopic (exact) mass is 511 g/mol. The van der Waals surface area contributed by atoms with Gasteiger partial charge in [-0.25, -0.2) is 0 Å². The molecule has 0 amide bonds. The van der Waals surface area contributed by atoms with Crippen LogP contribution >= 0.6 is 0 Å². The van der Waals surface area contributed by atoms with E-state index in [-0.39, 0.29) is 12.1 Å². The number of ether oxygens (including phenoxy) is 2. The van der Waals surface area contributed by atoms with Crippen molar-refractivity contribution in [3.8, 4) is 11.5 Å². The zero-order valence-electron chi connectivity index (χ0n) is 22.8. The third kappa shape index (κ3) is 6.14. The molecule has 38 heavy (non-hydrogen) atoms. The highest BCUT2D eigenvalue weighted by molar-refractivity contribution is 5.51. The van der Waals surface area contributed by atoms with Crippen molar-refractivity contribution in [1.29, 1.82) is 0 Å². The Morgan fingerprint density at radius 3 is 2.11 bits per heavy atom. The van der Waals surface area contributed by atoms with Gasteiger partial charge in [0.2, 0.25) is 0 Å². The highest BCUT2D eigenvalue weighted by Crippen LogP contribution is 2.45. The Balaban J connectivity index is 1.52. The van der Waals surface area contributed by atoms with E-state index < -0.39 is 0 Å². The molecule has 4 nitrogen and oxygen atoms in total. The van der Waals surface area contributed by atoms with Gasteiger partial charge >= 0.3 is 0 Å². The van der Waals surface area contributed by atoms with Gasteiger partial charge in [0, 0.05) is 12.6 Å². The molecule has 0 spiro atoms. The van der Waals surface area contributed by atoms with Crippen LogP contribution in [0.1, 0.15) is 74.2 Å². The summed E-state index contributed by atoms with van der Waals surface area (Å²) in [6.07, 6.45) is 7.77. The van der Waals surface area contributed by atoms with Crippen LogP contribution in [0.15, 0.2) is 84.4 Å². The molecule has 0 fully saturated rings. The summed E-state index contributed by atoms with van der Waals surface area (Å²) in [4.78, 5) is 2.66. The topological polar surface area (TPSA) is 41.9 Å². The molecule has 0 aromatic heterocycles. The number of fused-ring (bicyclic) bond motifs is 3. The molecule has 0 radical (unpaired) electrons. The van der Waals surface area contributed by atoms with Crippen molar-refractivity contribution in [2.45, 2.75) is 83.8 Å². The third-order valence-electron chi connectivity index (χ3n) is 7.99. The second-order valence-electron chi connectivity index (χ2n) is 10.6. The molecule has 1 N–H and O–H groups in total. The minimum absolute atomic E-state index is 0.218. The van der Waals surface area contributed by atoms with Crippen molar-refractivity contribution in [2.75, 3.05) is 6.54 Å². The van der Waals surface area contributed by atoms with Gasteiger partial charge in [-0.15, -0.1) is 0 Å². The Labute approximate surface area is 227 Å². The first-order valence-corrected chi connectivity index (χ1v) is 14.3. The zero-order chi connectivity index (χ0) is 26.3. The number of aliphatic hydroxyl groups is 1. The summed E-state index contributed by atoms with van der Waals surface area (Å²) in [6.45, 7) is 6.49. The van der Waals surface area contributed by atoms with Crippen molar-refractivity contribution < 1.29 is 14.6 Å². The Bertz CT molecular complexity index is 1210. The third-order valence-corrected chi connectivity index (χ3v) is 7.99. The first-order valence-electron chi connectivity index (χ1n) is 14.3. The van der Waals surface area contributed by atoms with E-state index >= 15 is 0 Å². The molecule has 3 aromatic rings. The number of nitrogens with zero attached hydrogens (tertiary/aromatic N) is 1. The van der Waals surface area contributed by atoms with Gasteiger partial charge in [-0.05, 0) is 66.5 Å². The van der Waals surface area contributed by atoms with Crippen molar-refractivity contribution in [1.82, 2.24) is 4.90 Å². The summed E-state index contributed by atoms with van der Waals surface area (Å²) in [5.74, 6) is 1.61. The lowest BCUT2D eigenvalue weighted by Crippen LogP contribution is -2.45. The Morgan fingerprint density at radius 1 is 0.868 bits per heavy atom. The normalized spacial score (nSPS) is 22.8. The van der Waals surface area contributed by atoms with Gasteiger partial charge in [0.1, 0.15) is 13.2 Å². The minimum atomic E-state index is -0.269. The average molecular weight is 512 g/mol.